The van der Waals surface area contributed by atoms with E-state index in [0.717, 1.165) is 4.48 Å². The summed E-state index contributed by atoms with van der Waals surface area (Å²) in [5.41, 5.74) is 0. The zero-order valence-electron chi connectivity index (χ0n) is 11.0. The first-order chi connectivity index (χ1) is 7.27. The molecule has 4 heteroatoms. The SMILES string of the molecule is Cc1oc(=O)oc1C[N+](C)(C(C)C)C(C)C. The zero-order valence-corrected chi connectivity index (χ0v) is 11.0. The van der Waals surface area contributed by atoms with Gasteiger partial charge >= 0.3 is 5.82 Å². The molecule has 0 aliphatic carbocycles. The number of aryl methyl sites for hydroxylation is 1. The fourth-order valence-electron chi connectivity index (χ4n) is 1.79. The summed E-state index contributed by atoms with van der Waals surface area (Å²) in [6, 6.07) is 0.916. The molecule has 16 heavy (non-hydrogen) atoms. The molecule has 0 aliphatic heterocycles. The molecular formula is C12H22NO3+. The molecule has 0 atom stereocenters. The molecule has 0 aliphatic rings. The summed E-state index contributed by atoms with van der Waals surface area (Å²) >= 11 is 0. The van der Waals surface area contributed by atoms with Gasteiger partial charge in [0.1, 0.15) is 6.54 Å². The molecule has 0 fully saturated rings. The van der Waals surface area contributed by atoms with Crippen LogP contribution >= 0.6 is 0 Å². The van der Waals surface area contributed by atoms with Crippen LogP contribution in [-0.2, 0) is 6.54 Å². The predicted molar refractivity (Wildman–Crippen MR) is 62.1 cm³/mol. The summed E-state index contributed by atoms with van der Waals surface area (Å²) < 4.78 is 10.8. The van der Waals surface area contributed by atoms with Gasteiger partial charge in [-0.2, -0.15) is 0 Å². The maximum Gasteiger partial charge on any atom is 0.519 e. The highest BCUT2D eigenvalue weighted by atomic mass is 16.6. The molecule has 92 valence electrons. The summed E-state index contributed by atoms with van der Waals surface area (Å²) in [6.45, 7) is 11.2. The molecule has 1 aromatic rings. The van der Waals surface area contributed by atoms with E-state index in [2.05, 4.69) is 34.7 Å². The largest absolute Gasteiger partial charge is 0.519 e. The molecule has 0 saturated heterocycles. The Balaban J connectivity index is 3.01. The second kappa shape index (κ2) is 4.45. The Bertz CT molecular complexity index is 393. The average molecular weight is 228 g/mol. The van der Waals surface area contributed by atoms with Crippen molar-refractivity contribution >= 4 is 0 Å². The third-order valence-corrected chi connectivity index (χ3v) is 3.68. The molecule has 1 aromatic heterocycles. The maximum absolute atomic E-state index is 11.0. The number of nitrogens with zero attached hydrogens (tertiary/aromatic N) is 1. The van der Waals surface area contributed by atoms with Crippen molar-refractivity contribution in [1.82, 2.24) is 0 Å². The highest BCUT2D eigenvalue weighted by Gasteiger charge is 2.32. The second-order valence-corrected chi connectivity index (χ2v) is 5.13. The Hall–Kier alpha value is -1.03. The molecule has 4 nitrogen and oxygen atoms in total. The van der Waals surface area contributed by atoms with Crippen LogP contribution in [0.3, 0.4) is 0 Å². The van der Waals surface area contributed by atoms with Gasteiger partial charge in [0.15, 0.2) is 5.76 Å². The molecule has 0 aromatic carbocycles. The molecule has 0 unspecified atom stereocenters. The van der Waals surface area contributed by atoms with Crippen LogP contribution in [0.4, 0.5) is 0 Å². The summed E-state index contributed by atoms with van der Waals surface area (Å²) in [7, 11) is 2.17. The summed E-state index contributed by atoms with van der Waals surface area (Å²) in [4.78, 5) is 11.0. The van der Waals surface area contributed by atoms with E-state index in [-0.39, 0.29) is 0 Å². The van der Waals surface area contributed by atoms with Crippen LogP contribution in [0.5, 0.6) is 0 Å². The molecule has 1 heterocycles. The van der Waals surface area contributed by atoms with Gasteiger partial charge in [-0.15, -0.1) is 0 Å². The van der Waals surface area contributed by atoms with E-state index >= 15 is 0 Å². The van der Waals surface area contributed by atoms with E-state index in [4.69, 9.17) is 8.83 Å². The highest BCUT2D eigenvalue weighted by Crippen LogP contribution is 2.22. The van der Waals surface area contributed by atoms with Crippen molar-refractivity contribution in [2.45, 2.75) is 53.2 Å². The van der Waals surface area contributed by atoms with Crippen molar-refractivity contribution in [2.75, 3.05) is 7.05 Å². The van der Waals surface area contributed by atoms with Crippen LogP contribution in [0.1, 0.15) is 39.2 Å². The fourth-order valence-corrected chi connectivity index (χ4v) is 1.79. The maximum atomic E-state index is 11.0. The van der Waals surface area contributed by atoms with E-state index < -0.39 is 5.82 Å². The van der Waals surface area contributed by atoms with Gasteiger partial charge in [-0.05, 0) is 34.6 Å². The van der Waals surface area contributed by atoms with Crippen LogP contribution in [0, 0.1) is 6.92 Å². The average Bonchev–Trinajstić information content (AvgIpc) is 2.44. The lowest BCUT2D eigenvalue weighted by atomic mass is 10.1. The molecular weight excluding hydrogens is 206 g/mol. The second-order valence-electron chi connectivity index (χ2n) is 5.13. The fraction of sp³-hybridized carbons (Fsp3) is 0.750. The molecule has 0 spiro atoms. The van der Waals surface area contributed by atoms with E-state index in [1.54, 1.807) is 6.92 Å². The Labute approximate surface area is 96.4 Å². The number of hydrogen-bond acceptors (Lipinski definition) is 3. The van der Waals surface area contributed by atoms with Crippen molar-refractivity contribution < 1.29 is 13.3 Å². The van der Waals surface area contributed by atoms with E-state index in [0.29, 0.717) is 30.1 Å². The third kappa shape index (κ3) is 2.38. The molecule has 1 rings (SSSR count). The molecule has 0 N–H and O–H groups in total. The minimum absolute atomic E-state index is 0.458. The Morgan fingerprint density at radius 2 is 1.62 bits per heavy atom. The Kier molecular flexibility index (Phi) is 3.63. The van der Waals surface area contributed by atoms with E-state index in [1.165, 1.54) is 0 Å². The normalized spacial score (nSPS) is 12.8. The van der Waals surface area contributed by atoms with Gasteiger partial charge in [-0.1, -0.05) is 0 Å². The van der Waals surface area contributed by atoms with Crippen LogP contribution in [0.2, 0.25) is 0 Å². The minimum Gasteiger partial charge on any atom is -0.396 e. The van der Waals surface area contributed by atoms with Gasteiger partial charge in [-0.25, -0.2) is 4.79 Å². The van der Waals surface area contributed by atoms with Crippen LogP contribution in [0.25, 0.3) is 0 Å². The van der Waals surface area contributed by atoms with Crippen molar-refractivity contribution in [3.8, 4) is 0 Å². The minimum atomic E-state index is -0.605. The van der Waals surface area contributed by atoms with E-state index in [1.807, 2.05) is 0 Å². The van der Waals surface area contributed by atoms with Gasteiger partial charge in [-0.3, -0.25) is 0 Å². The van der Waals surface area contributed by atoms with Gasteiger partial charge in [0, 0.05) is 0 Å². The number of hydrogen-bond donors (Lipinski definition) is 0. The van der Waals surface area contributed by atoms with Crippen molar-refractivity contribution in [2.24, 2.45) is 0 Å². The summed E-state index contributed by atoms with van der Waals surface area (Å²) in [5, 5.41) is 0. The van der Waals surface area contributed by atoms with Crippen molar-refractivity contribution in [1.29, 1.82) is 0 Å². The van der Waals surface area contributed by atoms with Crippen molar-refractivity contribution in [3.05, 3.63) is 22.1 Å². The Morgan fingerprint density at radius 1 is 1.12 bits per heavy atom. The lowest BCUT2D eigenvalue weighted by molar-refractivity contribution is -0.962. The van der Waals surface area contributed by atoms with E-state index in [9.17, 15) is 4.79 Å². The lowest BCUT2D eigenvalue weighted by Crippen LogP contribution is -2.53. The quantitative estimate of drug-likeness (QED) is 0.743. The monoisotopic (exact) mass is 228 g/mol. The highest BCUT2D eigenvalue weighted by molar-refractivity contribution is 4.98. The van der Waals surface area contributed by atoms with Gasteiger partial charge in [0.2, 0.25) is 5.76 Å². The lowest BCUT2D eigenvalue weighted by Gasteiger charge is -2.41. The van der Waals surface area contributed by atoms with Crippen LogP contribution in [-0.4, -0.2) is 23.6 Å². The predicted octanol–water partition coefficient (Wildman–Crippen LogP) is 2.30. The molecule has 0 amide bonds. The van der Waals surface area contributed by atoms with Crippen molar-refractivity contribution in [3.63, 3.8) is 0 Å². The standard InChI is InChI=1S/C12H22NO3/c1-8(2)13(6,9(3)4)7-11-10(5)15-12(14)16-11/h8-9H,7H2,1-6H3/q+1. The summed E-state index contributed by atoms with van der Waals surface area (Å²) in [5.74, 6) is 0.650. The van der Waals surface area contributed by atoms with Gasteiger partial charge in [0.25, 0.3) is 0 Å². The number of rotatable bonds is 4. The van der Waals surface area contributed by atoms with Crippen LogP contribution < -0.4 is 5.82 Å². The molecule has 0 bridgehead atoms. The van der Waals surface area contributed by atoms with Crippen LogP contribution in [0.15, 0.2) is 13.6 Å². The topological polar surface area (TPSA) is 43.4 Å². The first-order valence-electron chi connectivity index (χ1n) is 5.71. The van der Waals surface area contributed by atoms with Gasteiger partial charge in [0.05, 0.1) is 19.1 Å². The smallest absolute Gasteiger partial charge is 0.396 e. The molecule has 0 radical (unpaired) electrons. The Morgan fingerprint density at radius 3 is 1.94 bits per heavy atom. The molecule has 0 saturated carbocycles. The summed E-state index contributed by atoms with van der Waals surface area (Å²) in [6.07, 6.45) is 0. The zero-order chi connectivity index (χ0) is 12.5. The first-order valence-corrected chi connectivity index (χ1v) is 5.71. The number of quaternary nitrogens is 1. The third-order valence-electron chi connectivity index (χ3n) is 3.68. The first kappa shape index (κ1) is 13.0. The van der Waals surface area contributed by atoms with Gasteiger partial charge < -0.3 is 13.3 Å².